The van der Waals surface area contributed by atoms with Crippen LogP contribution >= 0.6 is 0 Å². The molecule has 1 unspecified atom stereocenters. The predicted octanol–water partition coefficient (Wildman–Crippen LogP) is 5.23. The highest BCUT2D eigenvalue weighted by molar-refractivity contribution is 5.98. The number of allylic oxidation sites excluding steroid dienone is 2. The van der Waals surface area contributed by atoms with Gasteiger partial charge < -0.3 is 14.9 Å². The van der Waals surface area contributed by atoms with Crippen molar-refractivity contribution in [2.45, 2.75) is 65.4 Å². The van der Waals surface area contributed by atoms with E-state index < -0.39 is 23.2 Å². The summed E-state index contributed by atoms with van der Waals surface area (Å²) in [6, 6.07) is 0. The van der Waals surface area contributed by atoms with Gasteiger partial charge in [0, 0.05) is 22.1 Å². The number of rotatable bonds is 6. The van der Waals surface area contributed by atoms with Crippen molar-refractivity contribution in [2.75, 3.05) is 0 Å². The Hall–Kier alpha value is -2.63. The van der Waals surface area contributed by atoms with Gasteiger partial charge in [-0.3, -0.25) is 4.79 Å². The van der Waals surface area contributed by atoms with Gasteiger partial charge in [-0.25, -0.2) is 9.18 Å². The number of aliphatic carboxylic acids is 1. The number of hydrogen-bond acceptors (Lipinski definition) is 4. The lowest BCUT2D eigenvalue weighted by atomic mass is 9.66. The third kappa shape index (κ3) is 3.68. The first kappa shape index (κ1) is 21.1. The van der Waals surface area contributed by atoms with Crippen LogP contribution in [0.5, 0.6) is 5.75 Å². The molecular weight excluding hydrogens is 375 g/mol. The molecule has 0 spiro atoms. The van der Waals surface area contributed by atoms with Crippen LogP contribution in [-0.4, -0.2) is 22.2 Å². The van der Waals surface area contributed by atoms with Crippen molar-refractivity contribution in [3.63, 3.8) is 0 Å². The van der Waals surface area contributed by atoms with Crippen LogP contribution in [0.4, 0.5) is 4.39 Å². The quantitative estimate of drug-likeness (QED) is 0.503. The Morgan fingerprint density at radius 2 is 2.10 bits per heavy atom. The second kappa shape index (κ2) is 8.01. The fourth-order valence-electron chi connectivity index (χ4n) is 4.92. The van der Waals surface area contributed by atoms with E-state index in [4.69, 9.17) is 4.74 Å². The summed E-state index contributed by atoms with van der Waals surface area (Å²) in [4.78, 5) is 23.5. The largest absolute Gasteiger partial charge is 0.507 e. The standard InChI is InChI=1S/C23H27FO5/c1-4-23(11-18(25)26)10-6-5-7-15(23)8-9-16-19(14(3)24)13(2)17-12-29-22(28)20(17)21(16)27/h8,27H,3-7,9-12H2,1-2H3,(H,25,26)/b15-8+. The van der Waals surface area contributed by atoms with Gasteiger partial charge in [-0.2, -0.15) is 0 Å². The van der Waals surface area contributed by atoms with Crippen molar-refractivity contribution in [3.05, 3.63) is 46.0 Å². The lowest BCUT2D eigenvalue weighted by molar-refractivity contribution is -0.139. The molecule has 0 saturated heterocycles. The lowest BCUT2D eigenvalue weighted by Gasteiger charge is -2.38. The molecular formula is C23H27FO5. The zero-order valence-electron chi connectivity index (χ0n) is 16.9. The van der Waals surface area contributed by atoms with Gasteiger partial charge in [0.1, 0.15) is 23.7 Å². The maximum absolute atomic E-state index is 14.3. The highest BCUT2D eigenvalue weighted by atomic mass is 19.1. The maximum atomic E-state index is 14.3. The van der Waals surface area contributed by atoms with E-state index in [2.05, 4.69) is 6.58 Å². The van der Waals surface area contributed by atoms with E-state index >= 15 is 0 Å². The van der Waals surface area contributed by atoms with Crippen LogP contribution in [0.3, 0.4) is 0 Å². The second-order valence-corrected chi connectivity index (χ2v) is 8.01. The maximum Gasteiger partial charge on any atom is 0.342 e. The summed E-state index contributed by atoms with van der Waals surface area (Å²) < 4.78 is 19.4. The Morgan fingerprint density at radius 1 is 1.38 bits per heavy atom. The minimum Gasteiger partial charge on any atom is -0.507 e. The summed E-state index contributed by atoms with van der Waals surface area (Å²) in [7, 11) is 0. The van der Waals surface area contributed by atoms with E-state index in [9.17, 15) is 24.2 Å². The number of esters is 1. The molecule has 1 atom stereocenters. The van der Waals surface area contributed by atoms with Crippen LogP contribution in [0.1, 0.15) is 78.1 Å². The fraction of sp³-hybridized carbons (Fsp3) is 0.478. The highest BCUT2D eigenvalue weighted by Crippen LogP contribution is 2.47. The number of carboxylic acid groups (broad SMARTS) is 1. The topological polar surface area (TPSA) is 83.8 Å². The third-order valence-electron chi connectivity index (χ3n) is 6.53. The number of phenols is 1. The first-order valence-corrected chi connectivity index (χ1v) is 10.0. The molecule has 1 aliphatic heterocycles. The Morgan fingerprint density at radius 3 is 2.72 bits per heavy atom. The highest BCUT2D eigenvalue weighted by Gasteiger charge is 2.37. The van der Waals surface area contributed by atoms with E-state index in [-0.39, 0.29) is 36.3 Å². The normalized spacial score (nSPS) is 22.4. The number of carbonyl (C=O) groups is 2. The molecule has 2 aliphatic rings. The molecule has 0 amide bonds. The number of benzene rings is 1. The van der Waals surface area contributed by atoms with Gasteiger partial charge in [0.15, 0.2) is 0 Å². The summed E-state index contributed by atoms with van der Waals surface area (Å²) in [5, 5.41) is 20.2. The van der Waals surface area contributed by atoms with Crippen LogP contribution in [-0.2, 0) is 22.6 Å². The number of hydrogen-bond donors (Lipinski definition) is 2. The molecule has 156 valence electrons. The van der Waals surface area contributed by atoms with E-state index in [0.717, 1.165) is 31.3 Å². The van der Waals surface area contributed by atoms with Crippen molar-refractivity contribution >= 4 is 17.8 Å². The lowest BCUT2D eigenvalue weighted by Crippen LogP contribution is -2.29. The van der Waals surface area contributed by atoms with Crippen molar-refractivity contribution in [3.8, 4) is 5.75 Å². The summed E-state index contributed by atoms with van der Waals surface area (Å²) in [6.07, 6.45) is 6.39. The number of halogens is 1. The Bertz CT molecular complexity index is 915. The zero-order chi connectivity index (χ0) is 21.3. The van der Waals surface area contributed by atoms with E-state index in [0.29, 0.717) is 23.1 Å². The van der Waals surface area contributed by atoms with Crippen molar-refractivity contribution in [2.24, 2.45) is 5.41 Å². The molecule has 1 saturated carbocycles. The molecule has 29 heavy (non-hydrogen) atoms. The zero-order valence-corrected chi connectivity index (χ0v) is 16.9. The average Bonchev–Trinajstić information content (AvgIpc) is 3.05. The summed E-state index contributed by atoms with van der Waals surface area (Å²) in [5.74, 6) is -2.40. The molecule has 1 fully saturated rings. The molecule has 0 aromatic heterocycles. The van der Waals surface area contributed by atoms with Gasteiger partial charge in [-0.15, -0.1) is 0 Å². The van der Waals surface area contributed by atoms with Gasteiger partial charge >= 0.3 is 11.9 Å². The average molecular weight is 402 g/mol. The number of ether oxygens (including phenoxy) is 1. The molecule has 1 aliphatic carbocycles. The van der Waals surface area contributed by atoms with E-state index in [1.165, 1.54) is 0 Å². The molecule has 2 N–H and O–H groups in total. The predicted molar refractivity (Wildman–Crippen MR) is 107 cm³/mol. The molecule has 3 rings (SSSR count). The van der Waals surface area contributed by atoms with Crippen LogP contribution in [0.15, 0.2) is 18.2 Å². The molecule has 1 aromatic rings. The van der Waals surface area contributed by atoms with Gasteiger partial charge in [0.2, 0.25) is 0 Å². The van der Waals surface area contributed by atoms with Gasteiger partial charge in [-0.05, 0) is 44.6 Å². The molecule has 1 aromatic carbocycles. The number of carboxylic acids is 1. The minimum atomic E-state index is -0.837. The number of aromatic hydroxyl groups is 1. The molecule has 0 radical (unpaired) electrons. The summed E-state index contributed by atoms with van der Waals surface area (Å²) in [6.45, 7) is 7.10. The number of phenolic OH excluding ortho intramolecular Hbond substituents is 1. The fourth-order valence-corrected chi connectivity index (χ4v) is 4.92. The van der Waals surface area contributed by atoms with Crippen LogP contribution in [0, 0.1) is 12.3 Å². The van der Waals surface area contributed by atoms with E-state index in [1.807, 2.05) is 13.0 Å². The molecule has 5 nitrogen and oxygen atoms in total. The Labute approximate surface area is 169 Å². The van der Waals surface area contributed by atoms with Crippen LogP contribution in [0.2, 0.25) is 0 Å². The van der Waals surface area contributed by atoms with Crippen LogP contribution in [0.25, 0.3) is 5.83 Å². The number of cyclic esters (lactones) is 1. The minimum absolute atomic E-state index is 0.00671. The second-order valence-electron chi connectivity index (χ2n) is 8.01. The van der Waals surface area contributed by atoms with Crippen molar-refractivity contribution < 1.29 is 28.9 Å². The molecule has 6 heteroatoms. The number of carbonyl (C=O) groups excluding carboxylic acids is 1. The van der Waals surface area contributed by atoms with Crippen molar-refractivity contribution in [1.29, 1.82) is 0 Å². The van der Waals surface area contributed by atoms with Gasteiger partial charge in [0.25, 0.3) is 0 Å². The third-order valence-corrected chi connectivity index (χ3v) is 6.53. The van der Waals surface area contributed by atoms with Gasteiger partial charge in [0.05, 0.1) is 6.42 Å². The number of fused-ring (bicyclic) bond motifs is 1. The van der Waals surface area contributed by atoms with E-state index in [1.54, 1.807) is 6.92 Å². The van der Waals surface area contributed by atoms with Gasteiger partial charge in [-0.1, -0.05) is 31.6 Å². The molecule has 0 bridgehead atoms. The summed E-state index contributed by atoms with van der Waals surface area (Å²) >= 11 is 0. The van der Waals surface area contributed by atoms with Crippen molar-refractivity contribution in [1.82, 2.24) is 0 Å². The first-order valence-electron chi connectivity index (χ1n) is 10.0. The monoisotopic (exact) mass is 402 g/mol. The Balaban J connectivity index is 2.09. The smallest absolute Gasteiger partial charge is 0.342 e. The SMILES string of the molecule is C=C(F)c1c(C)c2c(c(O)c1C/C=C1\CCCCC1(CC)CC(=O)O)C(=O)OC2. The molecule has 1 heterocycles. The summed E-state index contributed by atoms with van der Waals surface area (Å²) in [5.41, 5.74) is 2.24. The van der Waals surface area contributed by atoms with Crippen LogP contribution < -0.4 is 0 Å². The first-order chi connectivity index (χ1) is 13.7. The Kier molecular flexibility index (Phi) is 5.82.